The molecule has 0 radical (unpaired) electrons. The van der Waals surface area contributed by atoms with Crippen LogP contribution in [0.1, 0.15) is 0 Å². The van der Waals surface area contributed by atoms with Crippen molar-refractivity contribution in [2.45, 2.75) is 0 Å². The second-order valence-corrected chi connectivity index (χ2v) is 5.22. The molecular formula is C15H17BrN2O2. The van der Waals surface area contributed by atoms with Gasteiger partial charge in [-0.25, -0.2) is 0 Å². The molecular weight excluding hydrogens is 320 g/mol. The fourth-order valence-electron chi connectivity index (χ4n) is 2.00. The van der Waals surface area contributed by atoms with Crippen molar-refractivity contribution in [3.63, 3.8) is 0 Å². The van der Waals surface area contributed by atoms with E-state index in [1.165, 1.54) is 0 Å². The number of anilines is 3. The smallest absolute Gasteiger partial charge is 0.162 e. The molecule has 0 fully saturated rings. The van der Waals surface area contributed by atoms with Crippen LogP contribution in [0, 0.1) is 0 Å². The van der Waals surface area contributed by atoms with Crippen LogP contribution >= 0.6 is 15.9 Å². The second kappa shape index (κ2) is 6.05. The molecule has 0 aliphatic carbocycles. The third kappa shape index (κ3) is 2.82. The monoisotopic (exact) mass is 336 g/mol. The van der Waals surface area contributed by atoms with Gasteiger partial charge >= 0.3 is 0 Å². The Balaban J connectivity index is 2.40. The van der Waals surface area contributed by atoms with Crippen molar-refractivity contribution in [1.29, 1.82) is 0 Å². The average Bonchev–Trinajstić information content (AvgIpc) is 2.45. The van der Waals surface area contributed by atoms with Crippen molar-refractivity contribution < 1.29 is 9.47 Å². The molecule has 0 bridgehead atoms. The van der Waals surface area contributed by atoms with Crippen LogP contribution in [0.25, 0.3) is 0 Å². The molecule has 0 saturated carbocycles. The molecule has 0 heterocycles. The van der Waals surface area contributed by atoms with E-state index in [-0.39, 0.29) is 0 Å². The maximum Gasteiger partial charge on any atom is 0.162 e. The number of methoxy groups -OCH3 is 2. The van der Waals surface area contributed by atoms with Gasteiger partial charge in [0.1, 0.15) is 0 Å². The van der Waals surface area contributed by atoms with E-state index in [1.54, 1.807) is 14.2 Å². The van der Waals surface area contributed by atoms with Crippen LogP contribution in [0.5, 0.6) is 11.5 Å². The Kier molecular flexibility index (Phi) is 4.39. The number of hydrogen-bond donors (Lipinski definition) is 1. The minimum atomic E-state index is 0.688. The van der Waals surface area contributed by atoms with Crippen molar-refractivity contribution in [2.24, 2.45) is 0 Å². The lowest BCUT2D eigenvalue weighted by molar-refractivity contribution is 0.355. The Hall–Kier alpha value is -1.88. The van der Waals surface area contributed by atoms with Crippen molar-refractivity contribution >= 4 is 33.0 Å². The summed E-state index contributed by atoms with van der Waals surface area (Å²) in [7, 11) is 5.20. The quantitative estimate of drug-likeness (QED) is 0.862. The lowest BCUT2D eigenvalue weighted by atomic mass is 10.2. The Morgan fingerprint density at radius 2 is 1.70 bits per heavy atom. The molecule has 0 aliphatic heterocycles. The maximum atomic E-state index is 6.06. The lowest BCUT2D eigenvalue weighted by Crippen LogP contribution is -2.11. The van der Waals surface area contributed by atoms with Crippen LogP contribution in [0.3, 0.4) is 0 Å². The maximum absolute atomic E-state index is 6.06. The van der Waals surface area contributed by atoms with Gasteiger partial charge in [0, 0.05) is 23.3 Å². The van der Waals surface area contributed by atoms with Gasteiger partial charge in [0.05, 0.1) is 25.6 Å². The van der Waals surface area contributed by atoms with Gasteiger partial charge in [-0.3, -0.25) is 0 Å². The molecule has 0 unspecified atom stereocenters. The van der Waals surface area contributed by atoms with Gasteiger partial charge in [-0.2, -0.15) is 0 Å². The summed E-state index contributed by atoms with van der Waals surface area (Å²) in [5, 5.41) is 0. The highest BCUT2D eigenvalue weighted by Gasteiger charge is 2.11. The number of hydrogen-bond acceptors (Lipinski definition) is 4. The molecule has 2 aromatic rings. The molecule has 0 atom stereocenters. The van der Waals surface area contributed by atoms with Crippen LogP contribution in [-0.4, -0.2) is 21.3 Å². The molecule has 0 spiro atoms. The minimum Gasteiger partial charge on any atom is -0.493 e. The van der Waals surface area contributed by atoms with Gasteiger partial charge in [0.25, 0.3) is 0 Å². The summed E-state index contributed by atoms with van der Waals surface area (Å²) in [4.78, 5) is 2.00. The molecule has 0 aromatic heterocycles. The summed E-state index contributed by atoms with van der Waals surface area (Å²) >= 11 is 3.41. The van der Waals surface area contributed by atoms with E-state index < -0.39 is 0 Å². The molecule has 2 aromatic carbocycles. The van der Waals surface area contributed by atoms with Gasteiger partial charge in [-0.15, -0.1) is 0 Å². The average molecular weight is 337 g/mol. The number of halogens is 1. The van der Waals surface area contributed by atoms with E-state index in [4.69, 9.17) is 15.2 Å². The molecule has 0 amide bonds. The Morgan fingerprint density at radius 3 is 2.30 bits per heavy atom. The molecule has 0 aliphatic rings. The molecule has 20 heavy (non-hydrogen) atoms. The normalized spacial score (nSPS) is 10.2. The summed E-state index contributed by atoms with van der Waals surface area (Å²) < 4.78 is 11.5. The third-order valence-electron chi connectivity index (χ3n) is 3.11. The third-order valence-corrected chi connectivity index (χ3v) is 3.60. The number of benzene rings is 2. The minimum absolute atomic E-state index is 0.688. The first-order valence-electron chi connectivity index (χ1n) is 6.07. The van der Waals surface area contributed by atoms with E-state index in [0.717, 1.165) is 15.8 Å². The summed E-state index contributed by atoms with van der Waals surface area (Å²) in [5.41, 5.74) is 8.66. The van der Waals surface area contributed by atoms with Gasteiger partial charge in [-0.1, -0.05) is 15.9 Å². The summed E-state index contributed by atoms with van der Waals surface area (Å²) in [6.07, 6.45) is 0. The highest BCUT2D eigenvalue weighted by atomic mass is 79.9. The Bertz CT molecular complexity index is 617. The number of nitrogen functional groups attached to an aromatic ring is 1. The largest absolute Gasteiger partial charge is 0.493 e. The van der Waals surface area contributed by atoms with Crippen molar-refractivity contribution in [1.82, 2.24) is 0 Å². The molecule has 4 nitrogen and oxygen atoms in total. The van der Waals surface area contributed by atoms with Crippen LogP contribution in [0.2, 0.25) is 0 Å². The van der Waals surface area contributed by atoms with Crippen LogP contribution in [-0.2, 0) is 0 Å². The first-order chi connectivity index (χ1) is 9.56. The van der Waals surface area contributed by atoms with E-state index in [1.807, 2.05) is 48.3 Å². The van der Waals surface area contributed by atoms with Crippen LogP contribution in [0.4, 0.5) is 17.1 Å². The van der Waals surface area contributed by atoms with E-state index in [2.05, 4.69) is 15.9 Å². The van der Waals surface area contributed by atoms with Crippen molar-refractivity contribution in [2.75, 3.05) is 31.9 Å². The number of nitrogens with zero attached hydrogens (tertiary/aromatic N) is 1. The zero-order valence-corrected chi connectivity index (χ0v) is 13.3. The first kappa shape index (κ1) is 14.5. The van der Waals surface area contributed by atoms with Crippen LogP contribution < -0.4 is 20.1 Å². The number of ether oxygens (including phenoxy) is 2. The van der Waals surface area contributed by atoms with Crippen molar-refractivity contribution in [3.8, 4) is 11.5 Å². The fourth-order valence-corrected chi connectivity index (χ4v) is 2.38. The van der Waals surface area contributed by atoms with Crippen molar-refractivity contribution in [3.05, 3.63) is 40.9 Å². The highest BCUT2D eigenvalue weighted by Crippen LogP contribution is 2.36. The van der Waals surface area contributed by atoms with Gasteiger partial charge < -0.3 is 20.1 Å². The van der Waals surface area contributed by atoms with Gasteiger partial charge in [0.2, 0.25) is 0 Å². The zero-order valence-electron chi connectivity index (χ0n) is 11.7. The zero-order chi connectivity index (χ0) is 14.7. The lowest BCUT2D eigenvalue weighted by Gasteiger charge is -2.22. The number of nitrogens with two attached hydrogens (primary N) is 1. The summed E-state index contributed by atoms with van der Waals surface area (Å²) in [5.74, 6) is 1.39. The summed E-state index contributed by atoms with van der Waals surface area (Å²) in [6, 6.07) is 11.6. The molecule has 106 valence electrons. The first-order valence-corrected chi connectivity index (χ1v) is 6.87. The Labute approximate surface area is 127 Å². The topological polar surface area (TPSA) is 47.7 Å². The number of rotatable bonds is 4. The fraction of sp³-hybridized carbons (Fsp3) is 0.200. The van der Waals surface area contributed by atoms with Gasteiger partial charge in [0.15, 0.2) is 11.5 Å². The van der Waals surface area contributed by atoms with Gasteiger partial charge in [-0.05, 0) is 30.3 Å². The molecule has 5 heteroatoms. The van der Waals surface area contributed by atoms with E-state index >= 15 is 0 Å². The highest BCUT2D eigenvalue weighted by molar-refractivity contribution is 9.10. The standard InChI is InChI=1S/C15H17BrN2O2/c1-18(13-6-4-10(16)8-12(13)17)11-5-7-14(19-2)15(9-11)20-3/h4-9H,17H2,1-3H3. The van der Waals surface area contributed by atoms with E-state index in [9.17, 15) is 0 Å². The molecule has 2 N–H and O–H groups in total. The molecule has 0 saturated heterocycles. The van der Waals surface area contributed by atoms with Crippen LogP contribution in [0.15, 0.2) is 40.9 Å². The summed E-state index contributed by atoms with van der Waals surface area (Å²) in [6.45, 7) is 0. The molecule has 2 rings (SSSR count). The predicted molar refractivity (Wildman–Crippen MR) is 86.2 cm³/mol. The van der Waals surface area contributed by atoms with E-state index in [0.29, 0.717) is 17.2 Å². The second-order valence-electron chi connectivity index (χ2n) is 4.30. The SMILES string of the molecule is COc1ccc(N(C)c2ccc(Br)cc2N)cc1OC. The Morgan fingerprint density at radius 1 is 1.00 bits per heavy atom. The predicted octanol–water partition coefficient (Wildman–Crippen LogP) is 3.82.